The SMILES string of the molecule is OCCCn1nc(Br)c2c(F)cc(CO)cc21. The van der Waals surface area contributed by atoms with Gasteiger partial charge in [0, 0.05) is 13.2 Å². The van der Waals surface area contributed by atoms with E-state index in [0.717, 1.165) is 0 Å². The predicted molar refractivity (Wildman–Crippen MR) is 65.0 cm³/mol. The summed E-state index contributed by atoms with van der Waals surface area (Å²) in [5, 5.41) is 22.4. The van der Waals surface area contributed by atoms with E-state index in [0.29, 0.717) is 34.0 Å². The van der Waals surface area contributed by atoms with Crippen molar-refractivity contribution in [3.63, 3.8) is 0 Å². The van der Waals surface area contributed by atoms with Crippen LogP contribution in [-0.4, -0.2) is 26.6 Å². The zero-order chi connectivity index (χ0) is 12.4. The Morgan fingerprint density at radius 2 is 2.12 bits per heavy atom. The van der Waals surface area contributed by atoms with Gasteiger partial charge >= 0.3 is 0 Å². The van der Waals surface area contributed by atoms with Crippen LogP contribution in [-0.2, 0) is 13.2 Å². The number of hydrogen-bond acceptors (Lipinski definition) is 3. The summed E-state index contributed by atoms with van der Waals surface area (Å²) in [5.41, 5.74) is 1.13. The van der Waals surface area contributed by atoms with Gasteiger partial charge in [0.2, 0.25) is 0 Å². The number of aliphatic hydroxyl groups is 2. The fourth-order valence-corrected chi connectivity index (χ4v) is 2.33. The Morgan fingerprint density at radius 3 is 2.76 bits per heavy atom. The van der Waals surface area contributed by atoms with Gasteiger partial charge in [0.1, 0.15) is 10.4 Å². The second-order valence-corrected chi connectivity index (χ2v) is 4.47. The van der Waals surface area contributed by atoms with Crippen molar-refractivity contribution < 1.29 is 14.6 Å². The van der Waals surface area contributed by atoms with Crippen molar-refractivity contribution in [3.05, 3.63) is 28.1 Å². The summed E-state index contributed by atoms with van der Waals surface area (Å²) in [6, 6.07) is 3.00. The molecule has 0 fully saturated rings. The van der Waals surface area contributed by atoms with Crippen LogP contribution in [0.3, 0.4) is 0 Å². The Balaban J connectivity index is 2.57. The standard InChI is InChI=1S/C11H12BrFN2O2/c12-11-10-8(13)4-7(6-17)5-9(10)15(14-11)2-1-3-16/h4-5,16-17H,1-3,6H2. The van der Waals surface area contributed by atoms with Gasteiger partial charge in [0.05, 0.1) is 17.5 Å². The molecule has 1 heterocycles. The highest BCUT2D eigenvalue weighted by Crippen LogP contribution is 2.27. The molecule has 17 heavy (non-hydrogen) atoms. The minimum Gasteiger partial charge on any atom is -0.396 e. The van der Waals surface area contributed by atoms with Gasteiger partial charge in [-0.3, -0.25) is 4.68 Å². The molecule has 0 aliphatic rings. The Kier molecular flexibility index (Phi) is 3.76. The van der Waals surface area contributed by atoms with E-state index in [1.54, 1.807) is 10.7 Å². The molecule has 1 aromatic carbocycles. The number of rotatable bonds is 4. The monoisotopic (exact) mass is 302 g/mol. The summed E-state index contributed by atoms with van der Waals surface area (Å²) >= 11 is 3.21. The van der Waals surface area contributed by atoms with E-state index in [-0.39, 0.29) is 13.2 Å². The zero-order valence-electron chi connectivity index (χ0n) is 9.03. The summed E-state index contributed by atoms with van der Waals surface area (Å²) in [7, 11) is 0. The molecule has 0 atom stereocenters. The molecule has 0 amide bonds. The van der Waals surface area contributed by atoms with E-state index in [4.69, 9.17) is 10.2 Å². The highest BCUT2D eigenvalue weighted by Gasteiger charge is 2.14. The molecular weight excluding hydrogens is 291 g/mol. The number of nitrogens with zero attached hydrogens (tertiary/aromatic N) is 2. The fraction of sp³-hybridized carbons (Fsp3) is 0.364. The molecule has 2 aromatic rings. The van der Waals surface area contributed by atoms with Gasteiger partial charge in [-0.2, -0.15) is 5.10 Å². The first-order valence-electron chi connectivity index (χ1n) is 5.23. The maximum Gasteiger partial charge on any atom is 0.138 e. The lowest BCUT2D eigenvalue weighted by Gasteiger charge is -2.03. The van der Waals surface area contributed by atoms with E-state index in [2.05, 4.69) is 21.0 Å². The number of fused-ring (bicyclic) bond motifs is 1. The number of benzene rings is 1. The lowest BCUT2D eigenvalue weighted by molar-refractivity contribution is 0.277. The third-order valence-electron chi connectivity index (χ3n) is 2.53. The Hall–Kier alpha value is -0.980. The van der Waals surface area contributed by atoms with Crippen molar-refractivity contribution >= 4 is 26.8 Å². The summed E-state index contributed by atoms with van der Waals surface area (Å²) < 4.78 is 15.8. The summed E-state index contributed by atoms with van der Waals surface area (Å²) in [4.78, 5) is 0. The first-order chi connectivity index (χ1) is 8.17. The van der Waals surface area contributed by atoms with E-state index >= 15 is 0 Å². The average molecular weight is 303 g/mol. The van der Waals surface area contributed by atoms with Crippen molar-refractivity contribution in [2.75, 3.05) is 6.61 Å². The van der Waals surface area contributed by atoms with Gasteiger partial charge in [-0.25, -0.2) is 4.39 Å². The largest absolute Gasteiger partial charge is 0.396 e. The van der Waals surface area contributed by atoms with Crippen LogP contribution in [0.25, 0.3) is 10.9 Å². The van der Waals surface area contributed by atoms with Crippen LogP contribution >= 0.6 is 15.9 Å². The number of aromatic nitrogens is 2. The van der Waals surface area contributed by atoms with Crippen LogP contribution in [0, 0.1) is 5.82 Å². The van der Waals surface area contributed by atoms with Crippen LogP contribution in [0.1, 0.15) is 12.0 Å². The Bertz CT molecular complexity index is 542. The molecule has 0 spiro atoms. The van der Waals surface area contributed by atoms with E-state index in [9.17, 15) is 4.39 Å². The fourth-order valence-electron chi connectivity index (χ4n) is 1.75. The number of halogens is 2. The molecule has 4 nitrogen and oxygen atoms in total. The highest BCUT2D eigenvalue weighted by atomic mass is 79.9. The molecule has 0 saturated carbocycles. The molecule has 0 bridgehead atoms. The molecule has 0 radical (unpaired) electrons. The topological polar surface area (TPSA) is 58.3 Å². The summed E-state index contributed by atoms with van der Waals surface area (Å²) in [6.07, 6.45) is 0.550. The van der Waals surface area contributed by atoms with Crippen LogP contribution < -0.4 is 0 Å². The van der Waals surface area contributed by atoms with Crippen molar-refractivity contribution in [2.24, 2.45) is 0 Å². The first-order valence-corrected chi connectivity index (χ1v) is 6.03. The van der Waals surface area contributed by atoms with E-state index in [1.807, 2.05) is 0 Å². The third kappa shape index (κ3) is 2.34. The summed E-state index contributed by atoms with van der Waals surface area (Å²) in [6.45, 7) is 0.351. The van der Waals surface area contributed by atoms with Crippen LogP contribution in [0.5, 0.6) is 0 Å². The molecule has 0 unspecified atom stereocenters. The van der Waals surface area contributed by atoms with Gasteiger partial charge in [-0.1, -0.05) is 0 Å². The highest BCUT2D eigenvalue weighted by molar-refractivity contribution is 9.10. The Morgan fingerprint density at radius 1 is 1.35 bits per heavy atom. The molecular formula is C11H12BrFN2O2. The van der Waals surface area contributed by atoms with Gasteiger partial charge < -0.3 is 10.2 Å². The van der Waals surface area contributed by atoms with Crippen molar-refractivity contribution in [3.8, 4) is 0 Å². The minimum absolute atomic E-state index is 0.0567. The predicted octanol–water partition coefficient (Wildman–Crippen LogP) is 1.81. The number of aliphatic hydroxyl groups excluding tert-OH is 2. The molecule has 2 N–H and O–H groups in total. The molecule has 0 aliphatic heterocycles. The van der Waals surface area contributed by atoms with Gasteiger partial charge in [0.25, 0.3) is 0 Å². The van der Waals surface area contributed by atoms with Gasteiger partial charge in [-0.05, 0) is 40.0 Å². The molecule has 6 heteroatoms. The zero-order valence-corrected chi connectivity index (χ0v) is 10.6. The third-order valence-corrected chi connectivity index (χ3v) is 3.09. The van der Waals surface area contributed by atoms with Crippen LogP contribution in [0.4, 0.5) is 4.39 Å². The quantitative estimate of drug-likeness (QED) is 0.906. The Labute approximate surface area is 106 Å². The van der Waals surface area contributed by atoms with Crippen molar-refractivity contribution in [2.45, 2.75) is 19.6 Å². The summed E-state index contributed by atoms with van der Waals surface area (Å²) in [5.74, 6) is -0.409. The lowest BCUT2D eigenvalue weighted by atomic mass is 10.1. The number of aryl methyl sites for hydroxylation is 1. The van der Waals surface area contributed by atoms with Gasteiger partial charge in [-0.15, -0.1) is 0 Å². The van der Waals surface area contributed by atoms with Crippen LogP contribution in [0.2, 0.25) is 0 Å². The van der Waals surface area contributed by atoms with Crippen molar-refractivity contribution in [1.82, 2.24) is 9.78 Å². The normalized spacial score (nSPS) is 11.3. The molecule has 92 valence electrons. The van der Waals surface area contributed by atoms with E-state index in [1.165, 1.54) is 6.07 Å². The number of hydrogen-bond donors (Lipinski definition) is 2. The second kappa shape index (κ2) is 5.12. The second-order valence-electron chi connectivity index (χ2n) is 3.72. The maximum atomic E-state index is 13.8. The smallest absolute Gasteiger partial charge is 0.138 e. The first kappa shape index (κ1) is 12.5. The maximum absolute atomic E-state index is 13.8. The lowest BCUT2D eigenvalue weighted by Crippen LogP contribution is -2.02. The molecule has 2 rings (SSSR count). The van der Waals surface area contributed by atoms with E-state index < -0.39 is 5.82 Å². The molecule has 1 aromatic heterocycles. The molecule has 0 saturated heterocycles. The van der Waals surface area contributed by atoms with Gasteiger partial charge in [0.15, 0.2) is 0 Å². The minimum atomic E-state index is -0.409. The van der Waals surface area contributed by atoms with Crippen LogP contribution in [0.15, 0.2) is 16.7 Å². The molecule has 0 aliphatic carbocycles. The average Bonchev–Trinajstić information content (AvgIpc) is 2.63. The van der Waals surface area contributed by atoms with Crippen molar-refractivity contribution in [1.29, 1.82) is 0 Å².